The Kier molecular flexibility index (Phi) is 3.61. The van der Waals surface area contributed by atoms with Crippen molar-refractivity contribution in [2.75, 3.05) is 6.61 Å². The molecule has 0 bridgehead atoms. The molecule has 1 heterocycles. The number of esters is 1. The van der Waals surface area contributed by atoms with Crippen molar-refractivity contribution in [3.05, 3.63) is 0 Å². The average molecular weight is 230 g/mol. The fraction of sp³-hybridized carbons (Fsp3) is 0.909. The van der Waals surface area contributed by atoms with E-state index in [2.05, 4.69) is 33.9 Å². The highest BCUT2D eigenvalue weighted by Crippen LogP contribution is 2.41. The summed E-state index contributed by atoms with van der Waals surface area (Å²) >= 11 is 0. The van der Waals surface area contributed by atoms with Crippen LogP contribution in [0.5, 0.6) is 0 Å². The van der Waals surface area contributed by atoms with E-state index >= 15 is 0 Å². The van der Waals surface area contributed by atoms with Crippen LogP contribution in [-0.4, -0.2) is 27.2 Å². The van der Waals surface area contributed by atoms with E-state index < -0.39 is 14.6 Å². The first-order valence-corrected chi connectivity index (χ1v) is 8.43. The Labute approximate surface area is 93.9 Å². The average Bonchev–Trinajstić information content (AvgIpc) is 2.06. The Hall–Kier alpha value is -0.353. The molecule has 3 nitrogen and oxygen atoms in total. The topological polar surface area (TPSA) is 35.5 Å². The number of hydrogen-bond acceptors (Lipinski definition) is 3. The fourth-order valence-corrected chi connectivity index (χ4v) is 3.44. The van der Waals surface area contributed by atoms with Gasteiger partial charge in [0.15, 0.2) is 14.6 Å². The van der Waals surface area contributed by atoms with Crippen LogP contribution in [0.3, 0.4) is 0 Å². The normalized spacial score (nSPS) is 28.0. The van der Waals surface area contributed by atoms with Crippen molar-refractivity contribution >= 4 is 15.0 Å². The zero-order chi connectivity index (χ0) is 11.7. The van der Waals surface area contributed by atoms with Crippen LogP contribution in [-0.2, 0) is 14.0 Å². The zero-order valence-electron chi connectivity index (χ0n) is 10.4. The summed E-state index contributed by atoms with van der Waals surface area (Å²) in [6.07, 6.45) is 1.70. The summed E-state index contributed by atoms with van der Waals surface area (Å²) in [6.45, 7) is 10.9. The Bertz CT molecular complexity index is 245. The maximum Gasteiger partial charge on any atom is 0.337 e. The highest BCUT2D eigenvalue weighted by Gasteiger charge is 2.52. The minimum atomic E-state index is -1.25. The summed E-state index contributed by atoms with van der Waals surface area (Å²) in [5, 5.41) is 0. The third-order valence-electron chi connectivity index (χ3n) is 2.88. The highest BCUT2D eigenvalue weighted by molar-refractivity contribution is 6.48. The van der Waals surface area contributed by atoms with Crippen molar-refractivity contribution in [1.82, 2.24) is 0 Å². The van der Waals surface area contributed by atoms with Crippen LogP contribution < -0.4 is 0 Å². The first kappa shape index (κ1) is 12.7. The molecule has 88 valence electrons. The van der Waals surface area contributed by atoms with E-state index in [1.807, 2.05) is 0 Å². The van der Waals surface area contributed by atoms with E-state index in [4.69, 9.17) is 9.16 Å². The lowest BCUT2D eigenvalue weighted by Crippen LogP contribution is -2.57. The van der Waals surface area contributed by atoms with E-state index in [9.17, 15) is 4.79 Å². The second-order valence-corrected chi connectivity index (χ2v) is 7.82. The molecule has 0 spiro atoms. The van der Waals surface area contributed by atoms with Crippen LogP contribution in [0.25, 0.3) is 0 Å². The third-order valence-corrected chi connectivity index (χ3v) is 3.76. The molecule has 15 heavy (non-hydrogen) atoms. The maximum absolute atomic E-state index is 12.0. The molecule has 0 unspecified atom stereocenters. The van der Waals surface area contributed by atoms with E-state index in [0.717, 1.165) is 12.8 Å². The number of carbonyl (C=O) groups excluding carboxylic acids is 1. The van der Waals surface area contributed by atoms with Gasteiger partial charge >= 0.3 is 5.97 Å². The molecule has 1 fully saturated rings. The van der Waals surface area contributed by atoms with Gasteiger partial charge in [0, 0.05) is 5.41 Å². The third kappa shape index (κ3) is 2.42. The molecule has 0 aliphatic carbocycles. The van der Waals surface area contributed by atoms with E-state index in [1.165, 1.54) is 0 Å². The summed E-state index contributed by atoms with van der Waals surface area (Å²) in [5.74, 6) is -0.164. The van der Waals surface area contributed by atoms with Crippen LogP contribution in [0.4, 0.5) is 0 Å². The number of hydrogen-bond donors (Lipinski definition) is 0. The van der Waals surface area contributed by atoms with Crippen molar-refractivity contribution in [2.24, 2.45) is 5.41 Å². The van der Waals surface area contributed by atoms with Crippen LogP contribution in [0.1, 0.15) is 33.6 Å². The molecule has 1 atom stereocenters. The van der Waals surface area contributed by atoms with Crippen molar-refractivity contribution in [2.45, 2.75) is 52.3 Å². The van der Waals surface area contributed by atoms with Crippen molar-refractivity contribution in [3.63, 3.8) is 0 Å². The van der Waals surface area contributed by atoms with Gasteiger partial charge < -0.3 is 9.16 Å². The van der Waals surface area contributed by atoms with Crippen LogP contribution in [0.2, 0.25) is 13.1 Å². The Morgan fingerprint density at radius 1 is 1.40 bits per heavy atom. The Balaban J connectivity index is 2.99. The first-order chi connectivity index (χ1) is 6.79. The highest BCUT2D eigenvalue weighted by atomic mass is 28.3. The minimum Gasteiger partial charge on any atom is -0.464 e. The summed E-state index contributed by atoms with van der Waals surface area (Å²) < 4.78 is 11.2. The molecule has 0 radical (unpaired) electrons. The maximum atomic E-state index is 12.0. The molecule has 0 amide bonds. The summed E-state index contributed by atoms with van der Waals surface area (Å²) in [5.41, 5.74) is -0.895. The Morgan fingerprint density at radius 2 is 2.00 bits per heavy atom. The van der Waals surface area contributed by atoms with Gasteiger partial charge in [-0.3, -0.25) is 0 Å². The zero-order valence-corrected chi connectivity index (χ0v) is 11.6. The monoisotopic (exact) mass is 230 g/mol. The lowest BCUT2D eigenvalue weighted by Gasteiger charge is -2.45. The molecule has 4 heteroatoms. The van der Waals surface area contributed by atoms with Gasteiger partial charge in [-0.15, -0.1) is 0 Å². The molecular weight excluding hydrogens is 208 g/mol. The predicted octanol–water partition coefficient (Wildman–Crippen LogP) is 2.11. The molecule has 1 aliphatic rings. The molecule has 1 saturated heterocycles. The van der Waals surface area contributed by atoms with Crippen molar-refractivity contribution in [1.29, 1.82) is 0 Å². The number of cyclic esters (lactones) is 1. The van der Waals surface area contributed by atoms with E-state index in [1.54, 1.807) is 0 Å². The van der Waals surface area contributed by atoms with E-state index in [-0.39, 0.29) is 11.4 Å². The van der Waals surface area contributed by atoms with Gasteiger partial charge in [-0.25, -0.2) is 4.79 Å². The molecule has 1 rings (SSSR count). The number of ether oxygens (including phenoxy) is 1. The second kappa shape index (κ2) is 4.26. The lowest BCUT2D eigenvalue weighted by atomic mass is 9.73. The summed E-state index contributed by atoms with van der Waals surface area (Å²) in [4.78, 5) is 12.0. The number of rotatable bonds is 2. The van der Waals surface area contributed by atoms with Gasteiger partial charge in [0.05, 0.1) is 6.61 Å². The van der Waals surface area contributed by atoms with Gasteiger partial charge in [0.1, 0.15) is 0 Å². The summed E-state index contributed by atoms with van der Waals surface area (Å²) in [6, 6.07) is 0. The van der Waals surface area contributed by atoms with Gasteiger partial charge in [-0.1, -0.05) is 20.8 Å². The van der Waals surface area contributed by atoms with Gasteiger partial charge in [-0.2, -0.15) is 0 Å². The van der Waals surface area contributed by atoms with E-state index in [0.29, 0.717) is 6.61 Å². The smallest absolute Gasteiger partial charge is 0.337 e. The van der Waals surface area contributed by atoms with Gasteiger partial charge in [0.25, 0.3) is 0 Å². The second-order valence-electron chi connectivity index (χ2n) is 5.48. The molecule has 0 aromatic rings. The molecule has 0 aromatic heterocycles. The number of carbonyl (C=O) groups is 1. The minimum absolute atomic E-state index is 0.164. The molecule has 0 saturated carbocycles. The fourth-order valence-electron chi connectivity index (χ4n) is 2.07. The lowest BCUT2D eigenvalue weighted by molar-refractivity contribution is -0.183. The molecule has 0 N–H and O–H groups in total. The largest absolute Gasteiger partial charge is 0.464 e. The van der Waals surface area contributed by atoms with Crippen molar-refractivity contribution < 1.29 is 14.0 Å². The summed E-state index contributed by atoms with van der Waals surface area (Å²) in [7, 11) is -1.25. The predicted molar refractivity (Wildman–Crippen MR) is 62.3 cm³/mol. The first-order valence-electron chi connectivity index (χ1n) is 5.65. The van der Waals surface area contributed by atoms with Crippen LogP contribution >= 0.6 is 0 Å². The molecule has 1 aliphatic heterocycles. The van der Waals surface area contributed by atoms with Crippen molar-refractivity contribution in [3.8, 4) is 0 Å². The molecule has 0 aromatic carbocycles. The standard InChI is InChI=1S/C11H22O3Si/c1-10(2,3)11(14-15(4)5)7-6-8-13-9(11)12/h15H,6-8H2,1-5H3/t11-/m0/s1. The Morgan fingerprint density at radius 3 is 2.40 bits per heavy atom. The van der Waals surface area contributed by atoms with Gasteiger partial charge in [0.2, 0.25) is 0 Å². The van der Waals surface area contributed by atoms with Crippen LogP contribution in [0.15, 0.2) is 0 Å². The van der Waals surface area contributed by atoms with Gasteiger partial charge in [-0.05, 0) is 25.9 Å². The quantitative estimate of drug-likeness (QED) is 0.538. The van der Waals surface area contributed by atoms with Crippen LogP contribution in [0, 0.1) is 5.41 Å². The SMILES string of the molecule is C[SiH](C)O[C@@]1(C(C)(C)C)CCCOC1=O. The molecular formula is C11H22O3Si.